The SMILES string of the molecule is Cc1cccc(N)c1NC(=O)CN1CCC(C(C)C)CC1. The Balaban J connectivity index is 1.86. The number of carbonyl (C=O) groups is 1. The van der Waals surface area contributed by atoms with Gasteiger partial charge in [-0.05, 0) is 56.3 Å². The number of benzene rings is 1. The van der Waals surface area contributed by atoms with Gasteiger partial charge in [0.1, 0.15) is 0 Å². The quantitative estimate of drug-likeness (QED) is 0.838. The van der Waals surface area contributed by atoms with Crippen LogP contribution in [0.15, 0.2) is 18.2 Å². The molecule has 0 bridgehead atoms. The van der Waals surface area contributed by atoms with Crippen LogP contribution in [0.4, 0.5) is 11.4 Å². The number of anilines is 2. The van der Waals surface area contributed by atoms with E-state index in [-0.39, 0.29) is 5.91 Å². The monoisotopic (exact) mass is 289 g/mol. The van der Waals surface area contributed by atoms with Gasteiger partial charge in [-0.15, -0.1) is 0 Å². The molecule has 1 fully saturated rings. The Bertz CT molecular complexity index is 471. The van der Waals surface area contributed by atoms with E-state index in [1.54, 1.807) is 0 Å². The van der Waals surface area contributed by atoms with Gasteiger partial charge in [0.05, 0.1) is 17.9 Å². The first-order valence-electron chi connectivity index (χ1n) is 7.84. The second-order valence-electron chi connectivity index (χ2n) is 6.44. The predicted octanol–water partition coefficient (Wildman–Crippen LogP) is 2.88. The van der Waals surface area contributed by atoms with Crippen molar-refractivity contribution in [3.05, 3.63) is 23.8 Å². The van der Waals surface area contributed by atoms with Gasteiger partial charge in [-0.25, -0.2) is 0 Å². The van der Waals surface area contributed by atoms with Gasteiger partial charge in [0, 0.05) is 0 Å². The predicted molar refractivity (Wildman–Crippen MR) is 88.2 cm³/mol. The third-order valence-electron chi connectivity index (χ3n) is 4.51. The zero-order chi connectivity index (χ0) is 15.4. The highest BCUT2D eigenvalue weighted by atomic mass is 16.2. The summed E-state index contributed by atoms with van der Waals surface area (Å²) in [7, 11) is 0. The molecule has 1 aromatic carbocycles. The number of nitrogen functional groups attached to an aromatic ring is 1. The van der Waals surface area contributed by atoms with E-state index in [2.05, 4.69) is 24.1 Å². The summed E-state index contributed by atoms with van der Waals surface area (Å²) in [5, 5.41) is 2.95. The molecule has 0 radical (unpaired) electrons. The van der Waals surface area contributed by atoms with Gasteiger partial charge < -0.3 is 11.1 Å². The van der Waals surface area contributed by atoms with Crippen molar-refractivity contribution < 1.29 is 4.79 Å². The summed E-state index contributed by atoms with van der Waals surface area (Å²) in [5.41, 5.74) is 8.30. The second kappa shape index (κ2) is 6.94. The second-order valence-corrected chi connectivity index (χ2v) is 6.44. The van der Waals surface area contributed by atoms with Crippen LogP contribution in [0.2, 0.25) is 0 Å². The minimum absolute atomic E-state index is 0.0268. The highest BCUT2D eigenvalue weighted by Crippen LogP contribution is 2.25. The molecule has 0 atom stereocenters. The van der Waals surface area contributed by atoms with Crippen LogP contribution in [0.5, 0.6) is 0 Å². The van der Waals surface area contributed by atoms with E-state index >= 15 is 0 Å². The molecule has 1 aromatic rings. The molecule has 4 nitrogen and oxygen atoms in total. The van der Waals surface area contributed by atoms with E-state index in [1.807, 2.05) is 25.1 Å². The number of nitrogens with zero attached hydrogens (tertiary/aromatic N) is 1. The normalized spacial score (nSPS) is 17.1. The zero-order valence-corrected chi connectivity index (χ0v) is 13.4. The van der Waals surface area contributed by atoms with Crippen LogP contribution >= 0.6 is 0 Å². The van der Waals surface area contributed by atoms with Crippen molar-refractivity contribution >= 4 is 17.3 Å². The Kier molecular flexibility index (Phi) is 5.23. The molecule has 1 amide bonds. The van der Waals surface area contributed by atoms with Gasteiger partial charge in [-0.3, -0.25) is 9.69 Å². The van der Waals surface area contributed by atoms with Gasteiger partial charge in [-0.1, -0.05) is 26.0 Å². The number of rotatable bonds is 4. The highest BCUT2D eigenvalue weighted by molar-refractivity contribution is 5.96. The summed E-state index contributed by atoms with van der Waals surface area (Å²) in [5.74, 6) is 1.57. The van der Waals surface area contributed by atoms with Crippen LogP contribution in [0, 0.1) is 18.8 Å². The molecule has 1 saturated heterocycles. The number of hydrogen-bond acceptors (Lipinski definition) is 3. The fourth-order valence-electron chi connectivity index (χ4n) is 3.02. The standard InChI is InChI=1S/C17H27N3O/c1-12(2)14-7-9-20(10-8-14)11-16(21)19-17-13(3)5-4-6-15(17)18/h4-6,12,14H,7-11,18H2,1-3H3,(H,19,21). The molecular formula is C17H27N3O. The summed E-state index contributed by atoms with van der Waals surface area (Å²) in [6.45, 7) is 9.01. The van der Waals surface area contributed by atoms with E-state index in [0.717, 1.165) is 36.2 Å². The topological polar surface area (TPSA) is 58.4 Å². The molecule has 1 heterocycles. The summed E-state index contributed by atoms with van der Waals surface area (Å²) < 4.78 is 0. The molecule has 0 saturated carbocycles. The van der Waals surface area contributed by atoms with Crippen LogP contribution in [-0.2, 0) is 4.79 Å². The molecule has 4 heteroatoms. The zero-order valence-electron chi connectivity index (χ0n) is 13.4. The van der Waals surface area contributed by atoms with Crippen molar-refractivity contribution in [3.63, 3.8) is 0 Å². The summed E-state index contributed by atoms with van der Waals surface area (Å²) in [6, 6.07) is 5.67. The smallest absolute Gasteiger partial charge is 0.238 e. The van der Waals surface area contributed by atoms with Gasteiger partial charge in [0.2, 0.25) is 5.91 Å². The van der Waals surface area contributed by atoms with E-state index < -0.39 is 0 Å². The van der Waals surface area contributed by atoms with Gasteiger partial charge in [0.25, 0.3) is 0 Å². The molecule has 1 aliphatic heterocycles. The van der Waals surface area contributed by atoms with Crippen molar-refractivity contribution in [2.45, 2.75) is 33.6 Å². The first-order chi connectivity index (χ1) is 9.97. The van der Waals surface area contributed by atoms with Gasteiger partial charge in [-0.2, -0.15) is 0 Å². The Morgan fingerprint density at radius 1 is 1.38 bits per heavy atom. The molecule has 0 aliphatic carbocycles. The minimum Gasteiger partial charge on any atom is -0.397 e. The Labute approximate surface area is 127 Å². The Morgan fingerprint density at radius 2 is 2.05 bits per heavy atom. The van der Waals surface area contributed by atoms with Gasteiger partial charge >= 0.3 is 0 Å². The lowest BCUT2D eigenvalue weighted by molar-refractivity contribution is -0.117. The van der Waals surface area contributed by atoms with Crippen molar-refractivity contribution in [2.24, 2.45) is 11.8 Å². The van der Waals surface area contributed by atoms with E-state index in [9.17, 15) is 4.79 Å². The molecular weight excluding hydrogens is 262 g/mol. The van der Waals surface area contributed by atoms with Crippen LogP contribution in [0.3, 0.4) is 0 Å². The number of nitrogens with one attached hydrogen (secondary N) is 1. The minimum atomic E-state index is 0.0268. The number of nitrogens with two attached hydrogens (primary N) is 1. The maximum absolute atomic E-state index is 12.2. The lowest BCUT2D eigenvalue weighted by atomic mass is 9.87. The first-order valence-corrected chi connectivity index (χ1v) is 7.84. The molecule has 1 aliphatic rings. The molecule has 21 heavy (non-hydrogen) atoms. The van der Waals surface area contributed by atoms with E-state index in [0.29, 0.717) is 12.2 Å². The number of para-hydroxylation sites is 1. The fraction of sp³-hybridized carbons (Fsp3) is 0.588. The van der Waals surface area contributed by atoms with E-state index in [1.165, 1.54) is 12.8 Å². The molecule has 116 valence electrons. The number of aryl methyl sites for hydroxylation is 1. The molecule has 0 aromatic heterocycles. The third-order valence-corrected chi connectivity index (χ3v) is 4.51. The number of likely N-dealkylation sites (tertiary alicyclic amines) is 1. The Morgan fingerprint density at radius 3 is 2.62 bits per heavy atom. The summed E-state index contributed by atoms with van der Waals surface area (Å²) in [6.07, 6.45) is 2.38. The molecule has 0 spiro atoms. The van der Waals surface area contributed by atoms with Crippen LogP contribution in [0.25, 0.3) is 0 Å². The average molecular weight is 289 g/mol. The van der Waals surface area contributed by atoms with Crippen molar-refractivity contribution in [3.8, 4) is 0 Å². The molecule has 3 N–H and O–H groups in total. The first kappa shape index (κ1) is 15.8. The maximum Gasteiger partial charge on any atom is 0.238 e. The number of carbonyl (C=O) groups excluding carboxylic acids is 1. The average Bonchev–Trinajstić information content (AvgIpc) is 2.43. The van der Waals surface area contributed by atoms with Crippen molar-refractivity contribution in [1.82, 2.24) is 4.90 Å². The third kappa shape index (κ3) is 4.21. The van der Waals surface area contributed by atoms with Crippen molar-refractivity contribution in [2.75, 3.05) is 30.7 Å². The van der Waals surface area contributed by atoms with Crippen LogP contribution in [-0.4, -0.2) is 30.4 Å². The lowest BCUT2D eigenvalue weighted by Crippen LogP contribution is -2.40. The van der Waals surface area contributed by atoms with Crippen molar-refractivity contribution in [1.29, 1.82) is 0 Å². The fourth-order valence-corrected chi connectivity index (χ4v) is 3.02. The van der Waals surface area contributed by atoms with Crippen LogP contribution < -0.4 is 11.1 Å². The Hall–Kier alpha value is -1.55. The molecule has 0 unspecified atom stereocenters. The number of piperidine rings is 1. The summed E-state index contributed by atoms with van der Waals surface area (Å²) >= 11 is 0. The lowest BCUT2D eigenvalue weighted by Gasteiger charge is -2.33. The number of amides is 1. The maximum atomic E-state index is 12.2. The largest absolute Gasteiger partial charge is 0.397 e. The summed E-state index contributed by atoms with van der Waals surface area (Å²) in [4.78, 5) is 14.4. The van der Waals surface area contributed by atoms with E-state index in [4.69, 9.17) is 5.73 Å². The molecule has 2 rings (SSSR count). The number of hydrogen-bond donors (Lipinski definition) is 2. The highest BCUT2D eigenvalue weighted by Gasteiger charge is 2.22. The van der Waals surface area contributed by atoms with Crippen LogP contribution in [0.1, 0.15) is 32.3 Å². The van der Waals surface area contributed by atoms with Gasteiger partial charge in [0.15, 0.2) is 0 Å².